The molecule has 0 spiro atoms. The molecule has 0 bridgehead atoms. The average molecular weight is 334 g/mol. The van der Waals surface area contributed by atoms with Gasteiger partial charge in [0.25, 0.3) is 5.91 Å². The number of amides is 1. The van der Waals surface area contributed by atoms with E-state index < -0.39 is 12.1 Å². The molecule has 1 saturated heterocycles. The van der Waals surface area contributed by atoms with Crippen molar-refractivity contribution in [2.45, 2.75) is 25.0 Å². The Morgan fingerprint density at radius 3 is 2.52 bits per heavy atom. The van der Waals surface area contributed by atoms with Gasteiger partial charge in [-0.25, -0.2) is 4.79 Å². The number of carbonyl (C=O) groups excluding carboxylic acids is 2. The van der Waals surface area contributed by atoms with Crippen LogP contribution < -0.4 is 5.32 Å². The smallest absolute Gasteiger partial charge is 0.329 e. The summed E-state index contributed by atoms with van der Waals surface area (Å²) in [5, 5.41) is 3.86. The van der Waals surface area contributed by atoms with Gasteiger partial charge in [-0.15, -0.1) is 0 Å². The van der Waals surface area contributed by atoms with Crippen molar-refractivity contribution < 1.29 is 14.3 Å². The van der Waals surface area contributed by atoms with E-state index in [0.717, 1.165) is 22.0 Å². The van der Waals surface area contributed by atoms with Crippen molar-refractivity contribution in [1.82, 2.24) is 10.3 Å². The molecule has 1 fully saturated rings. The van der Waals surface area contributed by atoms with Crippen LogP contribution in [0.2, 0.25) is 0 Å². The SMILES string of the molecule is O=C1O[C@@H](Cc2ccccc2)C(=O)N[C@H]1Cc1c[nH]c2ccccc12. The molecule has 1 amide bonds. The van der Waals surface area contributed by atoms with Crippen molar-refractivity contribution in [3.8, 4) is 0 Å². The van der Waals surface area contributed by atoms with Gasteiger partial charge < -0.3 is 15.0 Å². The first kappa shape index (κ1) is 15.4. The molecule has 1 aromatic heterocycles. The van der Waals surface area contributed by atoms with Crippen molar-refractivity contribution in [1.29, 1.82) is 0 Å². The molecule has 5 heteroatoms. The number of H-pyrrole nitrogens is 1. The molecule has 2 aromatic carbocycles. The van der Waals surface area contributed by atoms with E-state index in [-0.39, 0.29) is 11.9 Å². The molecule has 2 N–H and O–H groups in total. The van der Waals surface area contributed by atoms with E-state index in [2.05, 4.69) is 10.3 Å². The lowest BCUT2D eigenvalue weighted by Gasteiger charge is -2.28. The molecule has 0 unspecified atom stereocenters. The van der Waals surface area contributed by atoms with E-state index in [0.29, 0.717) is 12.8 Å². The van der Waals surface area contributed by atoms with Gasteiger partial charge in [0, 0.05) is 29.9 Å². The number of cyclic esters (lactones) is 1. The maximum atomic E-state index is 12.4. The number of rotatable bonds is 4. The number of aromatic amines is 1. The van der Waals surface area contributed by atoms with Crippen LogP contribution in [-0.4, -0.2) is 29.0 Å². The maximum Gasteiger partial charge on any atom is 0.329 e. The van der Waals surface area contributed by atoms with Crippen LogP contribution in [0.15, 0.2) is 60.8 Å². The predicted molar refractivity (Wildman–Crippen MR) is 94.0 cm³/mol. The number of hydrogen-bond donors (Lipinski definition) is 2. The van der Waals surface area contributed by atoms with Gasteiger partial charge in [-0.3, -0.25) is 4.79 Å². The molecular weight excluding hydrogens is 316 g/mol. The Bertz CT molecular complexity index is 917. The third-order valence-corrected chi connectivity index (χ3v) is 4.51. The fraction of sp³-hybridized carbons (Fsp3) is 0.200. The monoisotopic (exact) mass is 334 g/mol. The first-order valence-corrected chi connectivity index (χ1v) is 8.30. The topological polar surface area (TPSA) is 71.2 Å². The van der Waals surface area contributed by atoms with Gasteiger partial charge in [0.05, 0.1) is 0 Å². The Morgan fingerprint density at radius 2 is 1.68 bits per heavy atom. The minimum atomic E-state index is -0.769. The largest absolute Gasteiger partial charge is 0.450 e. The van der Waals surface area contributed by atoms with Crippen LogP contribution >= 0.6 is 0 Å². The molecule has 0 aliphatic carbocycles. The van der Waals surface area contributed by atoms with Crippen LogP contribution in [0, 0.1) is 0 Å². The van der Waals surface area contributed by atoms with Crippen LogP contribution in [0.3, 0.4) is 0 Å². The second-order valence-corrected chi connectivity index (χ2v) is 6.24. The lowest BCUT2D eigenvalue weighted by Crippen LogP contribution is -2.55. The third-order valence-electron chi connectivity index (χ3n) is 4.51. The molecule has 25 heavy (non-hydrogen) atoms. The maximum absolute atomic E-state index is 12.4. The van der Waals surface area contributed by atoms with E-state index in [1.165, 1.54) is 0 Å². The lowest BCUT2D eigenvalue weighted by atomic mass is 10.0. The molecule has 0 saturated carbocycles. The predicted octanol–water partition coefficient (Wildman–Crippen LogP) is 2.36. The van der Waals surface area contributed by atoms with Crippen molar-refractivity contribution >= 4 is 22.8 Å². The molecule has 5 nitrogen and oxygen atoms in total. The highest BCUT2D eigenvalue weighted by Crippen LogP contribution is 2.21. The number of carbonyl (C=O) groups is 2. The quantitative estimate of drug-likeness (QED) is 0.720. The fourth-order valence-corrected chi connectivity index (χ4v) is 3.22. The van der Waals surface area contributed by atoms with Crippen molar-refractivity contribution in [3.05, 3.63) is 71.9 Å². The second-order valence-electron chi connectivity index (χ2n) is 6.24. The Labute approximate surface area is 145 Å². The summed E-state index contributed by atoms with van der Waals surface area (Å²) in [5.41, 5.74) is 2.96. The van der Waals surface area contributed by atoms with Crippen molar-refractivity contribution in [3.63, 3.8) is 0 Å². The zero-order chi connectivity index (χ0) is 17.2. The average Bonchev–Trinajstić information content (AvgIpc) is 3.03. The zero-order valence-electron chi connectivity index (χ0n) is 13.6. The Hall–Kier alpha value is -3.08. The van der Waals surface area contributed by atoms with E-state index >= 15 is 0 Å². The van der Waals surface area contributed by atoms with E-state index in [9.17, 15) is 9.59 Å². The molecule has 4 rings (SSSR count). The molecule has 0 radical (unpaired) electrons. The molecule has 3 aromatic rings. The Balaban J connectivity index is 1.47. The van der Waals surface area contributed by atoms with Crippen LogP contribution in [0.4, 0.5) is 0 Å². The van der Waals surface area contributed by atoms with Gasteiger partial charge in [0.2, 0.25) is 0 Å². The highest BCUT2D eigenvalue weighted by atomic mass is 16.6. The van der Waals surface area contributed by atoms with Crippen LogP contribution in [-0.2, 0) is 27.2 Å². The summed E-state index contributed by atoms with van der Waals surface area (Å²) in [7, 11) is 0. The molecule has 2 heterocycles. The van der Waals surface area contributed by atoms with Gasteiger partial charge in [0.1, 0.15) is 6.04 Å². The van der Waals surface area contributed by atoms with Crippen molar-refractivity contribution in [2.24, 2.45) is 0 Å². The summed E-state index contributed by atoms with van der Waals surface area (Å²) < 4.78 is 5.41. The molecular formula is C20H18N2O3. The third kappa shape index (κ3) is 3.13. The van der Waals surface area contributed by atoms with E-state index in [4.69, 9.17) is 4.74 Å². The number of morpholine rings is 1. The number of ether oxygens (including phenoxy) is 1. The van der Waals surface area contributed by atoms with Gasteiger partial charge in [-0.2, -0.15) is 0 Å². The highest BCUT2D eigenvalue weighted by molar-refractivity contribution is 5.93. The number of fused-ring (bicyclic) bond motifs is 1. The van der Waals surface area contributed by atoms with Gasteiger partial charge in [-0.05, 0) is 17.2 Å². The Morgan fingerprint density at radius 1 is 0.920 bits per heavy atom. The molecule has 126 valence electrons. The molecule has 1 aliphatic rings. The fourth-order valence-electron chi connectivity index (χ4n) is 3.22. The standard InChI is InChI=1S/C20H18N2O3/c23-19-18(10-13-6-2-1-3-7-13)25-20(24)17(22-19)11-14-12-21-16-9-5-4-8-15(14)16/h1-9,12,17-18,21H,10-11H2,(H,22,23)/t17-,18-/m0/s1. The summed E-state index contributed by atoms with van der Waals surface area (Å²) in [5.74, 6) is -0.626. The summed E-state index contributed by atoms with van der Waals surface area (Å²) in [6.45, 7) is 0. The molecule has 1 aliphatic heterocycles. The second kappa shape index (κ2) is 6.43. The first-order chi connectivity index (χ1) is 12.2. The summed E-state index contributed by atoms with van der Waals surface area (Å²) >= 11 is 0. The zero-order valence-corrected chi connectivity index (χ0v) is 13.6. The van der Waals surface area contributed by atoms with Crippen LogP contribution in [0.25, 0.3) is 10.9 Å². The number of aromatic nitrogens is 1. The minimum Gasteiger partial charge on any atom is -0.450 e. The normalized spacial score (nSPS) is 20.3. The number of benzene rings is 2. The van der Waals surface area contributed by atoms with E-state index in [1.807, 2.05) is 60.8 Å². The summed E-state index contributed by atoms with van der Waals surface area (Å²) in [6, 6.07) is 16.8. The molecule has 2 atom stereocenters. The number of hydrogen-bond acceptors (Lipinski definition) is 3. The number of para-hydroxylation sites is 1. The van der Waals surface area contributed by atoms with Crippen LogP contribution in [0.1, 0.15) is 11.1 Å². The van der Waals surface area contributed by atoms with Crippen molar-refractivity contribution in [2.75, 3.05) is 0 Å². The summed E-state index contributed by atoms with van der Waals surface area (Å²) in [6.07, 6.45) is 1.90. The van der Waals surface area contributed by atoms with E-state index in [1.54, 1.807) is 0 Å². The van der Waals surface area contributed by atoms with Gasteiger partial charge >= 0.3 is 5.97 Å². The van der Waals surface area contributed by atoms with Gasteiger partial charge in [-0.1, -0.05) is 48.5 Å². The number of nitrogens with one attached hydrogen (secondary N) is 2. The highest BCUT2D eigenvalue weighted by Gasteiger charge is 2.36. The lowest BCUT2D eigenvalue weighted by molar-refractivity contribution is -0.165. The Kier molecular flexibility index (Phi) is 3.98. The van der Waals surface area contributed by atoms with Gasteiger partial charge in [0.15, 0.2) is 6.10 Å². The summed E-state index contributed by atoms with van der Waals surface area (Å²) in [4.78, 5) is 27.9. The number of esters is 1. The first-order valence-electron chi connectivity index (χ1n) is 8.30. The van der Waals surface area contributed by atoms with Crippen LogP contribution in [0.5, 0.6) is 0 Å². The minimum absolute atomic E-state index is 0.242.